The van der Waals surface area contributed by atoms with Gasteiger partial charge in [-0.1, -0.05) is 36.4 Å². The Morgan fingerprint density at radius 3 is 2.25 bits per heavy atom. The SMILES string of the molecule is Cl.Cl.c1ccc([C@@H](c2cccs2)N2CCNCC2)cc1. The first-order valence-electron chi connectivity index (χ1n) is 6.48. The van der Waals surface area contributed by atoms with Crippen LogP contribution >= 0.6 is 36.2 Å². The maximum absolute atomic E-state index is 3.43. The number of halogens is 2. The molecule has 1 saturated heterocycles. The fourth-order valence-corrected chi connectivity index (χ4v) is 3.46. The van der Waals surface area contributed by atoms with Crippen molar-refractivity contribution >= 4 is 36.2 Å². The van der Waals surface area contributed by atoms with Crippen molar-refractivity contribution in [2.45, 2.75) is 6.04 Å². The summed E-state index contributed by atoms with van der Waals surface area (Å²) in [5.41, 5.74) is 1.40. The molecule has 5 heteroatoms. The molecule has 0 aliphatic carbocycles. The molecule has 2 nitrogen and oxygen atoms in total. The molecule has 1 N–H and O–H groups in total. The van der Waals surface area contributed by atoms with Crippen LogP contribution in [0.3, 0.4) is 0 Å². The van der Waals surface area contributed by atoms with Gasteiger partial charge >= 0.3 is 0 Å². The summed E-state index contributed by atoms with van der Waals surface area (Å²) >= 11 is 1.86. The lowest BCUT2D eigenvalue weighted by molar-refractivity contribution is 0.200. The van der Waals surface area contributed by atoms with E-state index in [1.54, 1.807) is 0 Å². The van der Waals surface area contributed by atoms with Gasteiger partial charge in [-0.2, -0.15) is 0 Å². The average Bonchev–Trinajstić information content (AvgIpc) is 2.95. The van der Waals surface area contributed by atoms with Crippen LogP contribution in [0.5, 0.6) is 0 Å². The molecule has 1 atom stereocenters. The van der Waals surface area contributed by atoms with Gasteiger partial charge in [0.05, 0.1) is 6.04 Å². The minimum absolute atomic E-state index is 0. The molecule has 1 aliphatic rings. The van der Waals surface area contributed by atoms with Crippen LogP contribution in [0.4, 0.5) is 0 Å². The minimum Gasteiger partial charge on any atom is -0.314 e. The first-order valence-corrected chi connectivity index (χ1v) is 7.36. The van der Waals surface area contributed by atoms with Crippen LogP contribution < -0.4 is 5.32 Å². The minimum atomic E-state index is 0. The van der Waals surface area contributed by atoms with E-state index in [0.717, 1.165) is 26.2 Å². The van der Waals surface area contributed by atoms with E-state index in [1.165, 1.54) is 10.4 Å². The highest BCUT2D eigenvalue weighted by atomic mass is 35.5. The van der Waals surface area contributed by atoms with E-state index < -0.39 is 0 Å². The molecular formula is C15H20Cl2N2S. The van der Waals surface area contributed by atoms with Crippen LogP contribution in [0.25, 0.3) is 0 Å². The predicted molar refractivity (Wildman–Crippen MR) is 91.5 cm³/mol. The van der Waals surface area contributed by atoms with E-state index in [4.69, 9.17) is 0 Å². The molecule has 0 amide bonds. The quantitative estimate of drug-likeness (QED) is 0.925. The molecule has 1 aromatic heterocycles. The molecule has 3 rings (SSSR count). The summed E-state index contributed by atoms with van der Waals surface area (Å²) in [5, 5.41) is 5.60. The number of hydrogen-bond acceptors (Lipinski definition) is 3. The lowest BCUT2D eigenvalue weighted by Crippen LogP contribution is -2.45. The van der Waals surface area contributed by atoms with E-state index in [9.17, 15) is 0 Å². The van der Waals surface area contributed by atoms with Gasteiger partial charge in [0.15, 0.2) is 0 Å². The highest BCUT2D eigenvalue weighted by Crippen LogP contribution is 2.31. The van der Waals surface area contributed by atoms with Gasteiger partial charge in [0.1, 0.15) is 0 Å². The molecule has 110 valence electrons. The van der Waals surface area contributed by atoms with Gasteiger partial charge in [-0.05, 0) is 17.0 Å². The Morgan fingerprint density at radius 2 is 1.65 bits per heavy atom. The van der Waals surface area contributed by atoms with Gasteiger partial charge in [0.25, 0.3) is 0 Å². The van der Waals surface area contributed by atoms with Crippen LogP contribution in [0, 0.1) is 0 Å². The molecule has 2 heterocycles. The predicted octanol–water partition coefficient (Wildman–Crippen LogP) is 3.59. The monoisotopic (exact) mass is 330 g/mol. The summed E-state index contributed by atoms with van der Waals surface area (Å²) < 4.78 is 0. The molecule has 0 saturated carbocycles. The molecule has 0 unspecified atom stereocenters. The van der Waals surface area contributed by atoms with Crippen LogP contribution in [0.15, 0.2) is 47.8 Å². The zero-order valence-electron chi connectivity index (χ0n) is 11.2. The Labute approximate surface area is 137 Å². The topological polar surface area (TPSA) is 15.3 Å². The number of nitrogens with zero attached hydrogens (tertiary/aromatic N) is 1. The molecule has 1 fully saturated rings. The zero-order valence-corrected chi connectivity index (χ0v) is 13.6. The average molecular weight is 331 g/mol. The van der Waals surface area contributed by atoms with Crippen molar-refractivity contribution < 1.29 is 0 Å². The lowest BCUT2D eigenvalue weighted by atomic mass is 10.0. The second-order valence-electron chi connectivity index (χ2n) is 4.61. The third kappa shape index (κ3) is 3.96. The van der Waals surface area contributed by atoms with Gasteiger partial charge in [-0.25, -0.2) is 0 Å². The summed E-state index contributed by atoms with van der Waals surface area (Å²) in [6.45, 7) is 4.43. The molecule has 0 spiro atoms. The van der Waals surface area contributed by atoms with E-state index >= 15 is 0 Å². The Kier molecular flexibility index (Phi) is 7.56. The van der Waals surface area contributed by atoms with Gasteiger partial charge in [0.2, 0.25) is 0 Å². The highest BCUT2D eigenvalue weighted by Gasteiger charge is 2.24. The molecule has 20 heavy (non-hydrogen) atoms. The smallest absolute Gasteiger partial charge is 0.0696 e. The third-order valence-corrected chi connectivity index (χ3v) is 4.37. The van der Waals surface area contributed by atoms with Crippen molar-refractivity contribution in [3.8, 4) is 0 Å². The molecule has 1 aliphatic heterocycles. The summed E-state index contributed by atoms with van der Waals surface area (Å²) in [5.74, 6) is 0. The second-order valence-corrected chi connectivity index (χ2v) is 5.59. The lowest BCUT2D eigenvalue weighted by Gasteiger charge is -2.34. The molecule has 0 radical (unpaired) electrons. The van der Waals surface area contributed by atoms with Gasteiger partial charge in [0, 0.05) is 31.1 Å². The van der Waals surface area contributed by atoms with Crippen molar-refractivity contribution in [3.63, 3.8) is 0 Å². The Balaban J connectivity index is 0.000001000. The summed E-state index contributed by atoms with van der Waals surface area (Å²) in [6.07, 6.45) is 0. The fraction of sp³-hybridized carbons (Fsp3) is 0.333. The Bertz CT molecular complexity index is 470. The fourth-order valence-electron chi connectivity index (χ4n) is 2.58. The Morgan fingerprint density at radius 1 is 0.950 bits per heavy atom. The number of hydrogen-bond donors (Lipinski definition) is 1. The first-order chi connectivity index (χ1) is 8.95. The van der Waals surface area contributed by atoms with Gasteiger partial charge in [-0.15, -0.1) is 36.2 Å². The summed E-state index contributed by atoms with van der Waals surface area (Å²) in [7, 11) is 0. The second kappa shape index (κ2) is 8.65. The van der Waals surface area contributed by atoms with Crippen LogP contribution in [-0.4, -0.2) is 31.1 Å². The number of benzene rings is 1. The number of nitrogens with one attached hydrogen (secondary N) is 1. The van der Waals surface area contributed by atoms with E-state index in [1.807, 2.05) is 11.3 Å². The molecule has 2 aromatic rings. The van der Waals surface area contributed by atoms with Gasteiger partial charge < -0.3 is 5.32 Å². The molecule has 0 bridgehead atoms. The van der Waals surface area contributed by atoms with Crippen molar-refractivity contribution in [2.75, 3.05) is 26.2 Å². The van der Waals surface area contributed by atoms with Gasteiger partial charge in [-0.3, -0.25) is 4.90 Å². The zero-order chi connectivity index (χ0) is 12.2. The number of thiophene rings is 1. The molecule has 1 aromatic carbocycles. The third-order valence-electron chi connectivity index (χ3n) is 3.44. The van der Waals surface area contributed by atoms with Crippen molar-refractivity contribution in [2.24, 2.45) is 0 Å². The normalized spacial score (nSPS) is 16.8. The maximum Gasteiger partial charge on any atom is 0.0696 e. The first kappa shape index (κ1) is 17.5. The van der Waals surface area contributed by atoms with E-state index in [-0.39, 0.29) is 24.8 Å². The largest absolute Gasteiger partial charge is 0.314 e. The number of piperazine rings is 1. The van der Waals surface area contributed by atoms with Crippen LogP contribution in [-0.2, 0) is 0 Å². The summed E-state index contributed by atoms with van der Waals surface area (Å²) in [4.78, 5) is 4.03. The van der Waals surface area contributed by atoms with E-state index in [2.05, 4.69) is 58.1 Å². The summed E-state index contributed by atoms with van der Waals surface area (Å²) in [6, 6.07) is 15.7. The highest BCUT2D eigenvalue weighted by molar-refractivity contribution is 7.10. The standard InChI is InChI=1S/C15H18N2S.2ClH/c1-2-5-13(6-3-1)15(14-7-4-12-18-14)17-10-8-16-9-11-17;;/h1-7,12,15-16H,8-11H2;2*1H/t15-;;/m0../s1. The van der Waals surface area contributed by atoms with Crippen LogP contribution in [0.2, 0.25) is 0 Å². The van der Waals surface area contributed by atoms with Crippen LogP contribution in [0.1, 0.15) is 16.5 Å². The van der Waals surface area contributed by atoms with Crippen molar-refractivity contribution in [3.05, 3.63) is 58.3 Å². The Hall–Kier alpha value is -0.580. The maximum atomic E-state index is 3.43. The van der Waals surface area contributed by atoms with Crippen molar-refractivity contribution in [1.29, 1.82) is 0 Å². The number of rotatable bonds is 3. The van der Waals surface area contributed by atoms with E-state index in [0.29, 0.717) is 6.04 Å². The molecular weight excluding hydrogens is 311 g/mol. The van der Waals surface area contributed by atoms with Crippen molar-refractivity contribution in [1.82, 2.24) is 10.2 Å².